The molecule has 0 saturated carbocycles. The number of amides is 1. The number of ether oxygens (including phenoxy) is 2. The van der Waals surface area contributed by atoms with Crippen LogP contribution in [0.15, 0.2) is 18.2 Å². The van der Waals surface area contributed by atoms with E-state index in [0.717, 1.165) is 0 Å². The second-order valence-electron chi connectivity index (χ2n) is 5.91. The first kappa shape index (κ1) is 18.8. The molecule has 1 aromatic carbocycles. The Morgan fingerprint density at radius 1 is 1.43 bits per heavy atom. The molecule has 1 rings (SSSR count). The van der Waals surface area contributed by atoms with Gasteiger partial charge in [-0.05, 0) is 39.8 Å². The maximum absolute atomic E-state index is 13.3. The molecule has 0 radical (unpaired) electrons. The summed E-state index contributed by atoms with van der Waals surface area (Å²) in [5.74, 6) is 5.33. The molecule has 0 bridgehead atoms. The lowest BCUT2D eigenvalue weighted by Gasteiger charge is -2.19. The normalized spacial score (nSPS) is 11.9. The van der Waals surface area contributed by atoms with Crippen LogP contribution in [0.3, 0.4) is 0 Å². The van der Waals surface area contributed by atoms with Crippen LogP contribution in [0.25, 0.3) is 0 Å². The first-order valence-corrected chi connectivity index (χ1v) is 7.24. The summed E-state index contributed by atoms with van der Waals surface area (Å²) < 4.78 is 23.8. The Balaban J connectivity index is 2.69. The second kappa shape index (κ2) is 8.39. The second-order valence-corrected chi connectivity index (χ2v) is 5.91. The zero-order valence-electron chi connectivity index (χ0n) is 13.8. The van der Waals surface area contributed by atoms with Crippen molar-refractivity contribution in [3.8, 4) is 17.6 Å². The Labute approximate surface area is 135 Å². The quantitative estimate of drug-likeness (QED) is 0.835. The third-order valence-electron chi connectivity index (χ3n) is 2.47. The molecule has 0 aliphatic carbocycles. The molecule has 0 aliphatic rings. The zero-order valence-corrected chi connectivity index (χ0v) is 13.8. The van der Waals surface area contributed by atoms with Crippen molar-refractivity contribution in [3.05, 3.63) is 29.6 Å². The first-order chi connectivity index (χ1) is 10.7. The molecule has 23 heavy (non-hydrogen) atoms. The summed E-state index contributed by atoms with van der Waals surface area (Å²) in [4.78, 5) is 11.5. The van der Waals surface area contributed by atoms with Gasteiger partial charge in [-0.1, -0.05) is 11.8 Å². The van der Waals surface area contributed by atoms with Gasteiger partial charge in [0, 0.05) is 6.07 Å². The summed E-state index contributed by atoms with van der Waals surface area (Å²) in [7, 11) is 0. The van der Waals surface area contributed by atoms with Crippen molar-refractivity contribution < 1.29 is 23.8 Å². The number of alkyl carbamates (subject to hydrolysis) is 1. The minimum atomic E-state index is -0.574. The van der Waals surface area contributed by atoms with Gasteiger partial charge in [-0.3, -0.25) is 0 Å². The zero-order chi connectivity index (χ0) is 17.5. The summed E-state index contributed by atoms with van der Waals surface area (Å²) >= 11 is 0. The summed E-state index contributed by atoms with van der Waals surface area (Å²) in [5.41, 5.74) is -0.103. The number of aliphatic hydroxyl groups is 1. The number of aliphatic hydroxyl groups excluding tert-OH is 1. The Bertz CT molecular complexity index is 599. The van der Waals surface area contributed by atoms with Crippen molar-refractivity contribution in [2.24, 2.45) is 0 Å². The molecule has 0 heterocycles. The first-order valence-electron chi connectivity index (χ1n) is 7.24. The summed E-state index contributed by atoms with van der Waals surface area (Å²) in [6.07, 6.45) is -1.03. The van der Waals surface area contributed by atoms with Gasteiger partial charge in [-0.25, -0.2) is 9.18 Å². The third kappa shape index (κ3) is 7.52. The molecular weight excluding hydrogens is 301 g/mol. The molecule has 1 amide bonds. The molecule has 0 aromatic heterocycles. The predicted octanol–water partition coefficient (Wildman–Crippen LogP) is 2.46. The van der Waals surface area contributed by atoms with Crippen LogP contribution < -0.4 is 10.1 Å². The number of carbonyl (C=O) groups excluding carboxylic acids is 1. The molecule has 126 valence electrons. The van der Waals surface area contributed by atoms with Crippen LogP contribution in [0.5, 0.6) is 5.75 Å². The average molecular weight is 323 g/mol. The molecule has 1 atom stereocenters. The van der Waals surface area contributed by atoms with Crippen molar-refractivity contribution in [1.82, 2.24) is 5.32 Å². The van der Waals surface area contributed by atoms with E-state index in [-0.39, 0.29) is 18.9 Å². The number of nitrogens with one attached hydrogen (secondary N) is 1. The Morgan fingerprint density at radius 2 is 2.13 bits per heavy atom. The van der Waals surface area contributed by atoms with E-state index in [1.807, 2.05) is 0 Å². The van der Waals surface area contributed by atoms with Gasteiger partial charge in [-0.15, -0.1) is 0 Å². The fraction of sp³-hybridized carbons (Fsp3) is 0.471. The van der Waals surface area contributed by atoms with E-state index < -0.39 is 23.6 Å². The number of hydrogen-bond donors (Lipinski definition) is 2. The standard InChI is InChI=1S/C17H22FNO4/c1-12(11-20)22-15-10-14(18)8-7-13(15)6-5-9-19-16(21)23-17(2,3)4/h7-8,10,12,20H,9,11H2,1-4H3,(H,19,21)/t12-/m0/s1. The minimum absolute atomic E-state index is 0.0846. The van der Waals surface area contributed by atoms with Crippen molar-refractivity contribution >= 4 is 6.09 Å². The van der Waals surface area contributed by atoms with Gasteiger partial charge in [0.25, 0.3) is 0 Å². The van der Waals surface area contributed by atoms with Crippen LogP contribution >= 0.6 is 0 Å². The predicted molar refractivity (Wildman–Crippen MR) is 84.7 cm³/mol. The summed E-state index contributed by atoms with van der Waals surface area (Å²) in [6.45, 7) is 6.85. The van der Waals surface area contributed by atoms with Gasteiger partial charge in [0.2, 0.25) is 0 Å². The largest absolute Gasteiger partial charge is 0.487 e. The minimum Gasteiger partial charge on any atom is -0.487 e. The van der Waals surface area contributed by atoms with Crippen LogP contribution in [0.2, 0.25) is 0 Å². The van der Waals surface area contributed by atoms with E-state index in [9.17, 15) is 9.18 Å². The topological polar surface area (TPSA) is 67.8 Å². The van der Waals surface area contributed by atoms with Gasteiger partial charge in [-0.2, -0.15) is 0 Å². The van der Waals surface area contributed by atoms with E-state index in [1.165, 1.54) is 18.2 Å². The highest BCUT2D eigenvalue weighted by Gasteiger charge is 2.15. The fourth-order valence-corrected chi connectivity index (χ4v) is 1.52. The molecule has 0 unspecified atom stereocenters. The van der Waals surface area contributed by atoms with Gasteiger partial charge in [0.05, 0.1) is 18.7 Å². The van der Waals surface area contributed by atoms with Crippen molar-refractivity contribution in [2.75, 3.05) is 13.2 Å². The fourth-order valence-electron chi connectivity index (χ4n) is 1.52. The number of rotatable bonds is 4. The lowest BCUT2D eigenvalue weighted by molar-refractivity contribution is 0.0535. The highest BCUT2D eigenvalue weighted by atomic mass is 19.1. The van der Waals surface area contributed by atoms with E-state index in [1.54, 1.807) is 27.7 Å². The molecule has 0 spiro atoms. The molecule has 0 fully saturated rings. The smallest absolute Gasteiger partial charge is 0.408 e. The summed E-state index contributed by atoms with van der Waals surface area (Å²) in [6, 6.07) is 3.95. The van der Waals surface area contributed by atoms with E-state index >= 15 is 0 Å². The maximum atomic E-state index is 13.3. The van der Waals surface area contributed by atoms with Gasteiger partial charge in [0.15, 0.2) is 0 Å². The number of carbonyl (C=O) groups is 1. The Hall–Kier alpha value is -2.26. The molecule has 0 aliphatic heterocycles. The molecule has 0 saturated heterocycles. The monoisotopic (exact) mass is 323 g/mol. The van der Waals surface area contributed by atoms with Crippen LogP contribution in [0.1, 0.15) is 33.3 Å². The lowest BCUT2D eigenvalue weighted by atomic mass is 10.2. The van der Waals surface area contributed by atoms with E-state index in [2.05, 4.69) is 17.2 Å². The molecule has 1 aromatic rings. The van der Waals surface area contributed by atoms with Crippen molar-refractivity contribution in [2.45, 2.75) is 39.4 Å². The number of halogens is 1. The van der Waals surface area contributed by atoms with Gasteiger partial charge >= 0.3 is 6.09 Å². The van der Waals surface area contributed by atoms with E-state index in [0.29, 0.717) is 5.56 Å². The lowest BCUT2D eigenvalue weighted by Crippen LogP contribution is -2.32. The van der Waals surface area contributed by atoms with E-state index in [4.69, 9.17) is 14.6 Å². The van der Waals surface area contributed by atoms with Crippen LogP contribution in [-0.2, 0) is 4.74 Å². The molecule has 6 heteroatoms. The van der Waals surface area contributed by atoms with Crippen molar-refractivity contribution in [3.63, 3.8) is 0 Å². The van der Waals surface area contributed by atoms with Crippen molar-refractivity contribution in [1.29, 1.82) is 0 Å². The molecular formula is C17H22FNO4. The SMILES string of the molecule is C[C@@H](CO)Oc1cc(F)ccc1C#CCNC(=O)OC(C)(C)C. The third-order valence-corrected chi connectivity index (χ3v) is 2.47. The molecule has 2 N–H and O–H groups in total. The Morgan fingerprint density at radius 3 is 2.74 bits per heavy atom. The Kier molecular flexibility index (Phi) is 6.86. The van der Waals surface area contributed by atoms with Gasteiger partial charge < -0.3 is 19.9 Å². The van der Waals surface area contributed by atoms with Gasteiger partial charge in [0.1, 0.15) is 23.3 Å². The number of hydrogen-bond acceptors (Lipinski definition) is 4. The highest BCUT2D eigenvalue weighted by Crippen LogP contribution is 2.20. The van der Waals surface area contributed by atoms with Crippen LogP contribution in [-0.4, -0.2) is 36.1 Å². The maximum Gasteiger partial charge on any atom is 0.408 e. The van der Waals surface area contributed by atoms with Crippen LogP contribution in [0.4, 0.5) is 9.18 Å². The number of benzene rings is 1. The van der Waals surface area contributed by atoms with Crippen LogP contribution in [0, 0.1) is 17.7 Å². The molecule has 5 nitrogen and oxygen atoms in total. The average Bonchev–Trinajstić information content (AvgIpc) is 2.43. The highest BCUT2D eigenvalue weighted by molar-refractivity contribution is 5.68. The summed E-state index contributed by atoms with van der Waals surface area (Å²) in [5, 5.41) is 11.5.